The summed E-state index contributed by atoms with van der Waals surface area (Å²) < 4.78 is 26.5. The van der Waals surface area contributed by atoms with Gasteiger partial charge in [0.15, 0.2) is 11.6 Å². The number of nitrogens with zero attached hydrogens (tertiary/aromatic N) is 2. The normalized spacial score (nSPS) is 20.6. The van der Waals surface area contributed by atoms with Gasteiger partial charge in [0.2, 0.25) is 0 Å². The maximum absolute atomic E-state index is 13.7. The summed E-state index contributed by atoms with van der Waals surface area (Å²) >= 11 is 0. The quantitative estimate of drug-likeness (QED) is 0.876. The van der Waals surface area contributed by atoms with Crippen LogP contribution in [0.1, 0.15) is 19.3 Å². The molecule has 1 aromatic rings. The van der Waals surface area contributed by atoms with E-state index in [0.29, 0.717) is 0 Å². The molecule has 1 unspecified atom stereocenters. The SMILES string of the molecule is CNCC1CCCCN1c1ncc(F)cc1F. The van der Waals surface area contributed by atoms with Gasteiger partial charge in [-0.15, -0.1) is 0 Å². The topological polar surface area (TPSA) is 28.2 Å². The Labute approximate surface area is 99.8 Å². The van der Waals surface area contributed by atoms with Gasteiger partial charge >= 0.3 is 0 Å². The number of nitrogens with one attached hydrogen (secondary N) is 1. The Balaban J connectivity index is 2.23. The van der Waals surface area contributed by atoms with Crippen LogP contribution in [0.25, 0.3) is 0 Å². The van der Waals surface area contributed by atoms with Crippen molar-refractivity contribution in [3.05, 3.63) is 23.9 Å². The lowest BCUT2D eigenvalue weighted by molar-refractivity contribution is 0.435. The standard InChI is InChI=1S/C12H17F2N3/c1-15-8-10-4-2-3-5-17(10)12-11(14)6-9(13)7-16-12/h6-7,10,15H,2-5,8H2,1H3. The van der Waals surface area contributed by atoms with E-state index in [2.05, 4.69) is 10.3 Å². The van der Waals surface area contributed by atoms with Crippen LogP contribution in [-0.4, -0.2) is 31.2 Å². The number of halogens is 2. The lowest BCUT2D eigenvalue weighted by atomic mass is 10.0. The van der Waals surface area contributed by atoms with Crippen molar-refractivity contribution in [1.82, 2.24) is 10.3 Å². The fourth-order valence-electron chi connectivity index (χ4n) is 2.35. The van der Waals surface area contributed by atoms with Gasteiger partial charge in [0.05, 0.1) is 6.20 Å². The molecule has 1 saturated heterocycles. The van der Waals surface area contributed by atoms with E-state index in [1.54, 1.807) is 0 Å². The first-order valence-electron chi connectivity index (χ1n) is 5.94. The van der Waals surface area contributed by atoms with E-state index in [4.69, 9.17) is 0 Å². The zero-order chi connectivity index (χ0) is 12.3. The minimum Gasteiger partial charge on any atom is -0.350 e. The molecule has 1 N–H and O–H groups in total. The van der Waals surface area contributed by atoms with Crippen LogP contribution in [0.4, 0.5) is 14.6 Å². The smallest absolute Gasteiger partial charge is 0.168 e. The van der Waals surface area contributed by atoms with E-state index >= 15 is 0 Å². The number of hydrogen-bond acceptors (Lipinski definition) is 3. The number of rotatable bonds is 3. The second-order valence-corrected chi connectivity index (χ2v) is 4.36. The van der Waals surface area contributed by atoms with Crippen molar-refractivity contribution in [3.63, 3.8) is 0 Å². The van der Waals surface area contributed by atoms with Gasteiger partial charge < -0.3 is 10.2 Å². The summed E-state index contributed by atoms with van der Waals surface area (Å²) in [5.41, 5.74) is 0. The summed E-state index contributed by atoms with van der Waals surface area (Å²) in [7, 11) is 1.88. The van der Waals surface area contributed by atoms with Crippen LogP contribution in [0.5, 0.6) is 0 Å². The Morgan fingerprint density at radius 2 is 2.29 bits per heavy atom. The van der Waals surface area contributed by atoms with E-state index < -0.39 is 11.6 Å². The molecule has 5 heteroatoms. The van der Waals surface area contributed by atoms with Crippen molar-refractivity contribution < 1.29 is 8.78 Å². The summed E-state index contributed by atoms with van der Waals surface area (Å²) in [6.45, 7) is 1.57. The number of likely N-dealkylation sites (N-methyl/N-ethyl adjacent to an activating group) is 1. The molecule has 0 aromatic carbocycles. The average Bonchev–Trinajstić information content (AvgIpc) is 2.31. The van der Waals surface area contributed by atoms with Crippen LogP contribution in [0.2, 0.25) is 0 Å². The Morgan fingerprint density at radius 3 is 3.00 bits per heavy atom. The third-order valence-electron chi connectivity index (χ3n) is 3.13. The minimum absolute atomic E-state index is 0.237. The number of anilines is 1. The summed E-state index contributed by atoms with van der Waals surface area (Å²) in [6, 6.07) is 1.13. The van der Waals surface area contributed by atoms with Crippen molar-refractivity contribution >= 4 is 5.82 Å². The second kappa shape index (κ2) is 5.40. The average molecular weight is 241 g/mol. The van der Waals surface area contributed by atoms with Crippen molar-refractivity contribution in [1.29, 1.82) is 0 Å². The van der Waals surface area contributed by atoms with E-state index in [1.807, 2.05) is 11.9 Å². The predicted molar refractivity (Wildman–Crippen MR) is 63.1 cm³/mol. The van der Waals surface area contributed by atoms with E-state index in [-0.39, 0.29) is 11.9 Å². The third-order valence-corrected chi connectivity index (χ3v) is 3.13. The number of hydrogen-bond donors (Lipinski definition) is 1. The molecule has 0 saturated carbocycles. The maximum atomic E-state index is 13.7. The van der Waals surface area contributed by atoms with Gasteiger partial charge in [-0.1, -0.05) is 0 Å². The van der Waals surface area contributed by atoms with E-state index in [9.17, 15) is 8.78 Å². The monoisotopic (exact) mass is 241 g/mol. The maximum Gasteiger partial charge on any atom is 0.168 e. The van der Waals surface area contributed by atoms with Crippen LogP contribution in [0.3, 0.4) is 0 Å². The van der Waals surface area contributed by atoms with Gasteiger partial charge in [0.1, 0.15) is 5.82 Å². The molecule has 2 rings (SSSR count). The highest BCUT2D eigenvalue weighted by atomic mass is 19.1. The first-order chi connectivity index (χ1) is 8.22. The number of aromatic nitrogens is 1. The molecule has 0 radical (unpaired) electrons. The molecule has 0 bridgehead atoms. The number of pyridine rings is 1. The lowest BCUT2D eigenvalue weighted by Crippen LogP contribution is -2.45. The highest BCUT2D eigenvalue weighted by Gasteiger charge is 2.25. The van der Waals surface area contributed by atoms with E-state index in [0.717, 1.165) is 44.6 Å². The van der Waals surface area contributed by atoms with Crippen LogP contribution in [0.15, 0.2) is 12.3 Å². The predicted octanol–water partition coefficient (Wildman–Crippen LogP) is 1.94. The largest absolute Gasteiger partial charge is 0.350 e. The van der Waals surface area contributed by atoms with Crippen molar-refractivity contribution in [2.75, 3.05) is 25.0 Å². The second-order valence-electron chi connectivity index (χ2n) is 4.36. The number of piperidine rings is 1. The van der Waals surface area contributed by atoms with Gasteiger partial charge in [0, 0.05) is 25.2 Å². The molecule has 1 fully saturated rings. The molecule has 94 valence electrons. The molecule has 1 aromatic heterocycles. The van der Waals surface area contributed by atoms with Crippen LogP contribution < -0.4 is 10.2 Å². The van der Waals surface area contributed by atoms with Gasteiger partial charge in [-0.05, 0) is 26.3 Å². The first-order valence-corrected chi connectivity index (χ1v) is 5.94. The van der Waals surface area contributed by atoms with Crippen molar-refractivity contribution in [2.24, 2.45) is 0 Å². The first kappa shape index (κ1) is 12.2. The van der Waals surface area contributed by atoms with Gasteiger partial charge in [-0.3, -0.25) is 0 Å². The van der Waals surface area contributed by atoms with Gasteiger partial charge in [0.25, 0.3) is 0 Å². The van der Waals surface area contributed by atoms with Crippen LogP contribution >= 0.6 is 0 Å². The Kier molecular flexibility index (Phi) is 3.89. The third kappa shape index (κ3) is 2.72. The molecule has 0 amide bonds. The summed E-state index contributed by atoms with van der Waals surface area (Å²) in [5.74, 6) is -0.937. The molecule has 3 nitrogen and oxygen atoms in total. The fourth-order valence-corrected chi connectivity index (χ4v) is 2.35. The Morgan fingerprint density at radius 1 is 1.47 bits per heavy atom. The fraction of sp³-hybridized carbons (Fsp3) is 0.583. The van der Waals surface area contributed by atoms with Crippen LogP contribution in [-0.2, 0) is 0 Å². The molecule has 1 atom stereocenters. The van der Waals surface area contributed by atoms with Gasteiger partial charge in [-0.2, -0.15) is 0 Å². The summed E-state index contributed by atoms with van der Waals surface area (Å²) in [5, 5.41) is 3.10. The van der Waals surface area contributed by atoms with Crippen molar-refractivity contribution in [2.45, 2.75) is 25.3 Å². The molecule has 0 spiro atoms. The van der Waals surface area contributed by atoms with E-state index in [1.165, 1.54) is 0 Å². The Hall–Kier alpha value is -1.23. The Bertz CT molecular complexity index is 382. The van der Waals surface area contributed by atoms with Crippen LogP contribution in [0, 0.1) is 11.6 Å². The molecule has 1 aliphatic rings. The minimum atomic E-state index is -0.631. The zero-order valence-electron chi connectivity index (χ0n) is 9.92. The molecular formula is C12H17F2N3. The lowest BCUT2D eigenvalue weighted by Gasteiger charge is -2.36. The molecule has 2 heterocycles. The molecule has 0 aliphatic carbocycles. The summed E-state index contributed by atoms with van der Waals surface area (Å²) in [6.07, 6.45) is 4.26. The zero-order valence-corrected chi connectivity index (χ0v) is 9.92. The molecule has 17 heavy (non-hydrogen) atoms. The molecular weight excluding hydrogens is 224 g/mol. The highest BCUT2D eigenvalue weighted by molar-refractivity contribution is 5.41. The van der Waals surface area contributed by atoms with Gasteiger partial charge in [-0.25, -0.2) is 13.8 Å². The highest BCUT2D eigenvalue weighted by Crippen LogP contribution is 2.25. The molecule has 1 aliphatic heterocycles. The van der Waals surface area contributed by atoms with Crippen molar-refractivity contribution in [3.8, 4) is 0 Å². The summed E-state index contributed by atoms with van der Waals surface area (Å²) in [4.78, 5) is 5.82.